The number of halogens is 1. The molecule has 0 aliphatic heterocycles. The van der Waals surface area contributed by atoms with Gasteiger partial charge in [-0.1, -0.05) is 17.8 Å². The van der Waals surface area contributed by atoms with Gasteiger partial charge in [0.25, 0.3) is 5.91 Å². The van der Waals surface area contributed by atoms with E-state index in [0.29, 0.717) is 17.3 Å². The average Bonchev–Trinajstić information content (AvgIpc) is 2.45. The van der Waals surface area contributed by atoms with Crippen LogP contribution in [0.4, 0.5) is 0 Å². The molecule has 0 spiro atoms. The molecule has 0 unspecified atom stereocenters. The number of primary amides is 1. The standard InChI is InChI=1S/C12H16ClN5OS/c1-18(12(16)20-7-3-6-13)10(14)8-4-2-5-9(17-8)11(15)19/h2,4-5,14,16H,3,6-7H2,1H3,(H2,15,19). The van der Waals surface area contributed by atoms with Crippen LogP contribution in [0, 0.1) is 10.8 Å². The predicted molar refractivity (Wildman–Crippen MR) is 82.9 cm³/mol. The summed E-state index contributed by atoms with van der Waals surface area (Å²) < 4.78 is 0. The Balaban J connectivity index is 2.76. The first kappa shape index (κ1) is 16.5. The molecule has 0 saturated heterocycles. The van der Waals surface area contributed by atoms with Gasteiger partial charge in [-0.05, 0) is 18.6 Å². The van der Waals surface area contributed by atoms with Gasteiger partial charge in [-0.15, -0.1) is 11.6 Å². The zero-order valence-electron chi connectivity index (χ0n) is 11.0. The molecule has 108 valence electrons. The Kier molecular flexibility index (Phi) is 6.47. The van der Waals surface area contributed by atoms with Crippen LogP contribution in [0.5, 0.6) is 0 Å². The maximum absolute atomic E-state index is 11.1. The minimum Gasteiger partial charge on any atom is -0.364 e. The first-order valence-corrected chi connectivity index (χ1v) is 7.36. The number of nitrogens with two attached hydrogens (primary N) is 1. The van der Waals surface area contributed by atoms with Gasteiger partial charge in [0.15, 0.2) is 11.0 Å². The summed E-state index contributed by atoms with van der Waals surface area (Å²) >= 11 is 6.88. The number of nitrogens with one attached hydrogen (secondary N) is 2. The molecule has 8 heteroatoms. The van der Waals surface area contributed by atoms with Crippen LogP contribution in [0.3, 0.4) is 0 Å². The summed E-state index contributed by atoms with van der Waals surface area (Å²) in [6, 6.07) is 4.69. The molecule has 0 aromatic carbocycles. The van der Waals surface area contributed by atoms with Gasteiger partial charge in [-0.3, -0.25) is 15.6 Å². The molecule has 1 rings (SSSR count). The molecule has 0 aliphatic rings. The van der Waals surface area contributed by atoms with E-state index in [0.717, 1.165) is 6.42 Å². The van der Waals surface area contributed by atoms with Crippen LogP contribution in [-0.2, 0) is 0 Å². The van der Waals surface area contributed by atoms with Crippen molar-refractivity contribution in [1.82, 2.24) is 9.88 Å². The number of amides is 1. The lowest BCUT2D eigenvalue weighted by atomic mass is 10.2. The lowest BCUT2D eigenvalue weighted by molar-refractivity contribution is 0.0995. The van der Waals surface area contributed by atoms with E-state index in [9.17, 15) is 4.79 Å². The summed E-state index contributed by atoms with van der Waals surface area (Å²) in [6.45, 7) is 0. The SMILES string of the molecule is CN(C(=N)SCCCCl)C(=N)c1cccc(C(N)=O)n1. The molecule has 0 bridgehead atoms. The maximum atomic E-state index is 11.1. The number of alkyl halides is 1. The molecular formula is C12H16ClN5OS. The third-order valence-electron chi connectivity index (χ3n) is 2.40. The molecule has 0 aliphatic carbocycles. The minimum atomic E-state index is -0.645. The van der Waals surface area contributed by atoms with Crippen molar-refractivity contribution in [2.24, 2.45) is 5.73 Å². The molecule has 0 radical (unpaired) electrons. The molecule has 1 aromatic rings. The van der Waals surface area contributed by atoms with Crippen molar-refractivity contribution in [2.45, 2.75) is 6.42 Å². The topological polar surface area (TPSA) is 107 Å². The van der Waals surface area contributed by atoms with Gasteiger partial charge >= 0.3 is 0 Å². The largest absolute Gasteiger partial charge is 0.364 e. The second-order valence-electron chi connectivity index (χ2n) is 3.88. The lowest BCUT2D eigenvalue weighted by Gasteiger charge is -2.19. The number of thioether (sulfide) groups is 1. The number of amidine groups is 2. The van der Waals surface area contributed by atoms with E-state index in [1.54, 1.807) is 19.2 Å². The van der Waals surface area contributed by atoms with Crippen LogP contribution in [0.2, 0.25) is 0 Å². The Morgan fingerprint density at radius 1 is 1.45 bits per heavy atom. The van der Waals surface area contributed by atoms with Crippen molar-refractivity contribution >= 4 is 40.3 Å². The molecule has 4 N–H and O–H groups in total. The number of carbonyl (C=O) groups is 1. The normalized spacial score (nSPS) is 10.1. The summed E-state index contributed by atoms with van der Waals surface area (Å²) in [5, 5.41) is 16.1. The summed E-state index contributed by atoms with van der Waals surface area (Å²) in [5.41, 5.74) is 5.55. The van der Waals surface area contributed by atoms with E-state index in [2.05, 4.69) is 4.98 Å². The van der Waals surface area contributed by atoms with Gasteiger partial charge in [-0.25, -0.2) is 4.98 Å². The Bertz CT molecular complexity index is 522. The number of rotatable bonds is 5. The van der Waals surface area contributed by atoms with Gasteiger partial charge in [0.1, 0.15) is 11.4 Å². The highest BCUT2D eigenvalue weighted by Gasteiger charge is 2.15. The highest BCUT2D eigenvalue weighted by Crippen LogP contribution is 2.11. The maximum Gasteiger partial charge on any atom is 0.267 e. The number of pyridine rings is 1. The van der Waals surface area contributed by atoms with Crippen LogP contribution in [0.1, 0.15) is 22.6 Å². The van der Waals surface area contributed by atoms with Gasteiger partial charge in [-0.2, -0.15) is 0 Å². The second kappa shape index (κ2) is 7.86. The molecule has 1 heterocycles. The van der Waals surface area contributed by atoms with E-state index in [4.69, 9.17) is 28.2 Å². The van der Waals surface area contributed by atoms with Crippen molar-refractivity contribution in [3.63, 3.8) is 0 Å². The minimum absolute atomic E-state index is 0.0384. The molecule has 0 atom stereocenters. The van der Waals surface area contributed by atoms with Crippen molar-refractivity contribution in [1.29, 1.82) is 10.8 Å². The smallest absolute Gasteiger partial charge is 0.267 e. The molecule has 20 heavy (non-hydrogen) atoms. The van der Waals surface area contributed by atoms with Crippen LogP contribution in [-0.4, -0.2) is 45.5 Å². The van der Waals surface area contributed by atoms with E-state index in [-0.39, 0.29) is 16.7 Å². The van der Waals surface area contributed by atoms with E-state index in [1.165, 1.54) is 22.7 Å². The summed E-state index contributed by atoms with van der Waals surface area (Å²) in [6.07, 6.45) is 0.797. The van der Waals surface area contributed by atoms with E-state index < -0.39 is 5.91 Å². The zero-order chi connectivity index (χ0) is 15.1. The van der Waals surface area contributed by atoms with Gasteiger partial charge in [0.2, 0.25) is 0 Å². The lowest BCUT2D eigenvalue weighted by Crippen LogP contribution is -2.32. The molecule has 0 fully saturated rings. The fourth-order valence-corrected chi connectivity index (χ4v) is 2.36. The van der Waals surface area contributed by atoms with Gasteiger partial charge < -0.3 is 10.6 Å². The first-order chi connectivity index (χ1) is 9.47. The number of nitrogens with zero attached hydrogens (tertiary/aromatic N) is 2. The summed E-state index contributed by atoms with van der Waals surface area (Å²) in [4.78, 5) is 16.5. The van der Waals surface area contributed by atoms with Crippen LogP contribution < -0.4 is 5.73 Å². The third-order valence-corrected chi connectivity index (χ3v) is 3.71. The summed E-state index contributed by atoms with van der Waals surface area (Å²) in [5.74, 6) is 0.656. The number of hydrogen-bond donors (Lipinski definition) is 3. The van der Waals surface area contributed by atoms with Crippen LogP contribution in [0.25, 0.3) is 0 Å². The first-order valence-electron chi connectivity index (χ1n) is 5.84. The Morgan fingerprint density at radius 3 is 2.70 bits per heavy atom. The quantitative estimate of drug-likeness (QED) is 0.333. The molecule has 6 nitrogen and oxygen atoms in total. The van der Waals surface area contributed by atoms with Crippen LogP contribution in [0.15, 0.2) is 18.2 Å². The predicted octanol–water partition coefficient (Wildman–Crippen LogP) is 1.73. The Hall–Kier alpha value is -1.60. The van der Waals surface area contributed by atoms with Crippen LogP contribution >= 0.6 is 23.4 Å². The fraction of sp³-hybridized carbons (Fsp3) is 0.333. The fourth-order valence-electron chi connectivity index (χ4n) is 1.30. The van der Waals surface area contributed by atoms with Crippen molar-refractivity contribution in [3.05, 3.63) is 29.6 Å². The highest BCUT2D eigenvalue weighted by atomic mass is 35.5. The molecule has 0 saturated carbocycles. The third kappa shape index (κ3) is 4.50. The zero-order valence-corrected chi connectivity index (χ0v) is 12.6. The highest BCUT2D eigenvalue weighted by molar-refractivity contribution is 8.13. The monoisotopic (exact) mass is 313 g/mol. The van der Waals surface area contributed by atoms with Gasteiger partial charge in [0, 0.05) is 18.7 Å². The van der Waals surface area contributed by atoms with Crippen molar-refractivity contribution in [2.75, 3.05) is 18.7 Å². The summed E-state index contributed by atoms with van der Waals surface area (Å²) in [7, 11) is 1.61. The van der Waals surface area contributed by atoms with Crippen molar-refractivity contribution < 1.29 is 4.79 Å². The average molecular weight is 314 g/mol. The molecule has 1 amide bonds. The van der Waals surface area contributed by atoms with Gasteiger partial charge in [0.05, 0.1) is 0 Å². The Labute approximate surface area is 126 Å². The molecule has 1 aromatic heterocycles. The number of carbonyl (C=O) groups excluding carboxylic acids is 1. The molecular weight excluding hydrogens is 298 g/mol. The van der Waals surface area contributed by atoms with Crippen molar-refractivity contribution in [3.8, 4) is 0 Å². The van der Waals surface area contributed by atoms with E-state index in [1.807, 2.05) is 0 Å². The Morgan fingerprint density at radius 2 is 2.10 bits per heavy atom. The number of hydrogen-bond acceptors (Lipinski definition) is 5. The van der Waals surface area contributed by atoms with E-state index >= 15 is 0 Å². The second-order valence-corrected chi connectivity index (χ2v) is 5.34. The number of aromatic nitrogens is 1.